The topological polar surface area (TPSA) is 98.7 Å². The van der Waals surface area contributed by atoms with E-state index >= 15 is 0 Å². The minimum Gasteiger partial charge on any atom is -0.465 e. The third-order valence-corrected chi connectivity index (χ3v) is 3.47. The molecular weight excluding hydrogens is 286 g/mol. The lowest BCUT2D eigenvalue weighted by Crippen LogP contribution is -2.69. The van der Waals surface area contributed by atoms with E-state index in [1.54, 1.807) is 6.08 Å². The Morgan fingerprint density at radius 3 is 2.36 bits per heavy atom. The third kappa shape index (κ3) is 4.47. The number of amides is 3. The fourth-order valence-corrected chi connectivity index (χ4v) is 2.66. The molecule has 1 rings (SSSR count). The van der Waals surface area contributed by atoms with E-state index in [0.717, 1.165) is 4.90 Å². The maximum Gasteiger partial charge on any atom is 0.407 e. The minimum atomic E-state index is -1.28. The van der Waals surface area contributed by atoms with Crippen LogP contribution in [0.4, 0.5) is 4.79 Å². The molecule has 1 aliphatic rings. The van der Waals surface area contributed by atoms with Gasteiger partial charge in [-0.2, -0.15) is 0 Å². The Balaban J connectivity index is 3.17. The summed E-state index contributed by atoms with van der Waals surface area (Å²) in [6, 6.07) is 0. The van der Waals surface area contributed by atoms with Crippen molar-refractivity contribution >= 4 is 17.9 Å². The minimum absolute atomic E-state index is 0.0752. The SMILES string of the molecule is C=C[C@H]1CN(C(=O)O)C[C@@](NC(C)=O)(C(=O)NC(C)(C)C)C1. The van der Waals surface area contributed by atoms with Crippen molar-refractivity contribution in [3.63, 3.8) is 0 Å². The Hall–Kier alpha value is -2.05. The quantitative estimate of drug-likeness (QED) is 0.676. The number of nitrogens with zero attached hydrogens (tertiary/aromatic N) is 1. The standard InChI is InChI=1S/C15H25N3O4/c1-6-11-7-15(16-10(2)19,9-18(8-11)13(21)22)12(20)17-14(3,4)5/h6,11H,1,7-9H2,2-5H3,(H,16,19)(H,17,20)(H,21,22)/t11-,15-/m1/s1. The average molecular weight is 311 g/mol. The van der Waals surface area contributed by atoms with Crippen LogP contribution in [0.1, 0.15) is 34.1 Å². The number of carboxylic acid groups (broad SMARTS) is 1. The van der Waals surface area contributed by atoms with Crippen molar-refractivity contribution in [2.75, 3.05) is 13.1 Å². The molecule has 1 heterocycles. The first-order valence-electron chi connectivity index (χ1n) is 7.21. The van der Waals surface area contributed by atoms with Crippen LogP contribution in [0.25, 0.3) is 0 Å². The van der Waals surface area contributed by atoms with Crippen molar-refractivity contribution in [1.82, 2.24) is 15.5 Å². The van der Waals surface area contributed by atoms with Crippen LogP contribution >= 0.6 is 0 Å². The van der Waals surface area contributed by atoms with Gasteiger partial charge in [0.2, 0.25) is 11.8 Å². The molecule has 0 aliphatic carbocycles. The highest BCUT2D eigenvalue weighted by atomic mass is 16.4. The molecule has 1 saturated heterocycles. The molecule has 7 heteroatoms. The predicted octanol–water partition coefficient (Wildman–Crippen LogP) is 0.962. The van der Waals surface area contributed by atoms with Crippen molar-refractivity contribution in [2.45, 2.75) is 45.2 Å². The molecule has 22 heavy (non-hydrogen) atoms. The molecule has 124 valence electrons. The van der Waals surface area contributed by atoms with Gasteiger partial charge in [0.15, 0.2) is 0 Å². The van der Waals surface area contributed by atoms with Gasteiger partial charge in [-0.15, -0.1) is 6.58 Å². The third-order valence-electron chi connectivity index (χ3n) is 3.47. The number of carbonyl (C=O) groups is 3. The second kappa shape index (κ2) is 6.37. The molecule has 1 fully saturated rings. The number of likely N-dealkylation sites (tertiary alicyclic amines) is 1. The van der Waals surface area contributed by atoms with Crippen molar-refractivity contribution in [3.8, 4) is 0 Å². The summed E-state index contributed by atoms with van der Waals surface area (Å²) in [4.78, 5) is 36.8. The van der Waals surface area contributed by atoms with Crippen molar-refractivity contribution in [2.24, 2.45) is 5.92 Å². The van der Waals surface area contributed by atoms with E-state index in [1.165, 1.54) is 6.92 Å². The molecule has 0 unspecified atom stereocenters. The van der Waals surface area contributed by atoms with Gasteiger partial charge in [-0.1, -0.05) is 6.08 Å². The van der Waals surface area contributed by atoms with E-state index < -0.39 is 17.2 Å². The fraction of sp³-hybridized carbons (Fsp3) is 0.667. The van der Waals surface area contributed by atoms with E-state index in [9.17, 15) is 19.5 Å². The van der Waals surface area contributed by atoms with Gasteiger partial charge in [0.25, 0.3) is 0 Å². The highest BCUT2D eigenvalue weighted by Crippen LogP contribution is 2.28. The molecule has 0 bridgehead atoms. The average Bonchev–Trinajstić information content (AvgIpc) is 2.35. The van der Waals surface area contributed by atoms with Gasteiger partial charge in [-0.25, -0.2) is 4.79 Å². The lowest BCUT2D eigenvalue weighted by molar-refractivity contribution is -0.136. The lowest BCUT2D eigenvalue weighted by atomic mass is 9.81. The number of rotatable bonds is 3. The van der Waals surface area contributed by atoms with Gasteiger partial charge in [0, 0.05) is 19.0 Å². The first kappa shape index (κ1) is 18.0. The number of piperidine rings is 1. The second-order valence-electron chi connectivity index (χ2n) is 6.83. The van der Waals surface area contributed by atoms with Gasteiger partial charge >= 0.3 is 6.09 Å². The smallest absolute Gasteiger partial charge is 0.407 e. The number of hydrogen-bond acceptors (Lipinski definition) is 3. The molecule has 0 aromatic heterocycles. The molecule has 0 spiro atoms. The van der Waals surface area contributed by atoms with Crippen LogP contribution < -0.4 is 10.6 Å². The number of carbonyl (C=O) groups excluding carboxylic acids is 2. The first-order valence-corrected chi connectivity index (χ1v) is 7.21. The molecule has 2 atom stereocenters. The fourth-order valence-electron chi connectivity index (χ4n) is 2.66. The maximum atomic E-state index is 12.7. The van der Waals surface area contributed by atoms with Crippen LogP contribution in [-0.4, -0.2) is 52.1 Å². The summed E-state index contributed by atoms with van der Waals surface area (Å²) in [5.41, 5.74) is -1.77. The molecule has 1 aliphatic heterocycles. The number of hydrogen-bond donors (Lipinski definition) is 3. The number of nitrogens with one attached hydrogen (secondary N) is 2. The monoisotopic (exact) mass is 311 g/mol. The van der Waals surface area contributed by atoms with Crippen molar-refractivity contribution in [1.29, 1.82) is 0 Å². The van der Waals surface area contributed by atoms with Crippen LogP contribution in [-0.2, 0) is 9.59 Å². The summed E-state index contributed by atoms with van der Waals surface area (Å²) in [5.74, 6) is -0.963. The van der Waals surface area contributed by atoms with E-state index in [-0.39, 0.29) is 30.8 Å². The van der Waals surface area contributed by atoms with Gasteiger partial charge < -0.3 is 20.6 Å². The Labute approximate surface area is 130 Å². The van der Waals surface area contributed by atoms with Gasteiger partial charge in [0.05, 0.1) is 6.54 Å². The normalized spacial score (nSPS) is 25.3. The Morgan fingerprint density at radius 1 is 1.36 bits per heavy atom. The molecule has 7 nitrogen and oxygen atoms in total. The zero-order valence-electron chi connectivity index (χ0n) is 13.6. The zero-order valence-corrected chi connectivity index (χ0v) is 13.6. The van der Waals surface area contributed by atoms with Gasteiger partial charge in [-0.05, 0) is 33.1 Å². The van der Waals surface area contributed by atoms with E-state index in [1.807, 2.05) is 20.8 Å². The Kier molecular flexibility index (Phi) is 5.22. The van der Waals surface area contributed by atoms with Crippen molar-refractivity contribution in [3.05, 3.63) is 12.7 Å². The van der Waals surface area contributed by atoms with Crippen LogP contribution in [0.5, 0.6) is 0 Å². The zero-order chi connectivity index (χ0) is 17.1. The Bertz CT molecular complexity index is 484. The molecule has 3 amide bonds. The van der Waals surface area contributed by atoms with Gasteiger partial charge in [-0.3, -0.25) is 9.59 Å². The highest BCUT2D eigenvalue weighted by molar-refractivity contribution is 5.92. The van der Waals surface area contributed by atoms with Crippen LogP contribution in [0.15, 0.2) is 12.7 Å². The van der Waals surface area contributed by atoms with Crippen LogP contribution in [0, 0.1) is 5.92 Å². The summed E-state index contributed by atoms with van der Waals surface area (Å²) in [6.07, 6.45) is 0.822. The largest absolute Gasteiger partial charge is 0.465 e. The summed E-state index contributed by atoms with van der Waals surface area (Å²) in [7, 11) is 0. The lowest BCUT2D eigenvalue weighted by Gasteiger charge is -2.44. The second-order valence-corrected chi connectivity index (χ2v) is 6.83. The highest BCUT2D eigenvalue weighted by Gasteiger charge is 2.47. The molecule has 0 saturated carbocycles. The van der Waals surface area contributed by atoms with Gasteiger partial charge in [0.1, 0.15) is 5.54 Å². The van der Waals surface area contributed by atoms with Crippen LogP contribution in [0.2, 0.25) is 0 Å². The molecule has 0 radical (unpaired) electrons. The van der Waals surface area contributed by atoms with E-state index in [0.29, 0.717) is 6.42 Å². The van der Waals surface area contributed by atoms with Crippen molar-refractivity contribution < 1.29 is 19.5 Å². The maximum absolute atomic E-state index is 12.7. The Morgan fingerprint density at radius 2 is 1.95 bits per heavy atom. The summed E-state index contributed by atoms with van der Waals surface area (Å²) in [6.45, 7) is 10.7. The first-order chi connectivity index (χ1) is 9.99. The van der Waals surface area contributed by atoms with E-state index in [4.69, 9.17) is 0 Å². The van der Waals surface area contributed by atoms with E-state index in [2.05, 4.69) is 17.2 Å². The molecule has 0 aromatic rings. The predicted molar refractivity (Wildman–Crippen MR) is 82.3 cm³/mol. The van der Waals surface area contributed by atoms with Crippen LogP contribution in [0.3, 0.4) is 0 Å². The summed E-state index contributed by atoms with van der Waals surface area (Å²) >= 11 is 0. The summed E-state index contributed by atoms with van der Waals surface area (Å²) in [5, 5.41) is 14.8. The molecular formula is C15H25N3O4. The molecule has 0 aromatic carbocycles. The summed E-state index contributed by atoms with van der Waals surface area (Å²) < 4.78 is 0. The molecule has 3 N–H and O–H groups in total.